The summed E-state index contributed by atoms with van der Waals surface area (Å²) in [5.74, 6) is -0.989. The van der Waals surface area contributed by atoms with Crippen molar-refractivity contribution in [1.29, 1.82) is 0 Å². The molecule has 4 rings (SSSR count). The molecule has 3 aromatic carbocycles. The normalized spacial score (nSPS) is 13.4. The number of carbonyl (C=O) groups is 2. The maximum absolute atomic E-state index is 13.2. The Hall–Kier alpha value is -3.85. The fourth-order valence-corrected chi connectivity index (χ4v) is 5.28. The molecule has 0 saturated carbocycles. The number of rotatable bonds is 7. The maximum Gasteiger partial charge on any atom is 0.337 e. The van der Waals surface area contributed by atoms with Gasteiger partial charge in [0, 0.05) is 25.7 Å². The van der Waals surface area contributed by atoms with Crippen molar-refractivity contribution in [2.24, 2.45) is 0 Å². The highest BCUT2D eigenvalue weighted by Gasteiger charge is 2.23. The lowest BCUT2D eigenvalue weighted by Gasteiger charge is -2.22. The van der Waals surface area contributed by atoms with E-state index < -0.39 is 21.9 Å². The Morgan fingerprint density at radius 1 is 0.914 bits per heavy atom. The lowest BCUT2D eigenvalue weighted by atomic mass is 10.1. The molecule has 0 aromatic heterocycles. The van der Waals surface area contributed by atoms with Gasteiger partial charge >= 0.3 is 5.97 Å². The molecule has 0 aliphatic carbocycles. The van der Waals surface area contributed by atoms with Crippen LogP contribution in [0.2, 0.25) is 0 Å². The number of esters is 1. The zero-order valence-corrected chi connectivity index (χ0v) is 20.4. The van der Waals surface area contributed by atoms with Crippen LogP contribution in [0, 0.1) is 0 Å². The van der Waals surface area contributed by atoms with Gasteiger partial charge in [-0.25, -0.2) is 13.2 Å². The van der Waals surface area contributed by atoms with Gasteiger partial charge in [-0.3, -0.25) is 9.10 Å². The number of nitrogens with one attached hydrogen (secondary N) is 1. The van der Waals surface area contributed by atoms with E-state index in [0.29, 0.717) is 16.9 Å². The largest absolute Gasteiger partial charge is 0.465 e. The van der Waals surface area contributed by atoms with Crippen LogP contribution >= 0.6 is 0 Å². The number of amides is 1. The second-order valence-corrected chi connectivity index (χ2v) is 10.2. The molecule has 0 spiro atoms. The highest BCUT2D eigenvalue weighted by Crippen LogP contribution is 2.31. The van der Waals surface area contributed by atoms with Crippen molar-refractivity contribution in [3.8, 4) is 0 Å². The smallest absolute Gasteiger partial charge is 0.337 e. The van der Waals surface area contributed by atoms with Gasteiger partial charge in [0.1, 0.15) is 0 Å². The number of ether oxygens (including phenoxy) is 1. The van der Waals surface area contributed by atoms with Crippen LogP contribution in [0.3, 0.4) is 0 Å². The summed E-state index contributed by atoms with van der Waals surface area (Å²) in [6, 6.07) is 19.7. The van der Waals surface area contributed by atoms with E-state index in [1.807, 2.05) is 0 Å². The molecule has 0 radical (unpaired) electrons. The SMILES string of the molecule is COC(=O)c1ccc(N2CCCC2)c(NC(=O)c2cccc(S(=O)(=O)N(C)c3ccccc3)c2)c1. The zero-order valence-electron chi connectivity index (χ0n) is 19.6. The van der Waals surface area contributed by atoms with Gasteiger partial charge in [-0.2, -0.15) is 0 Å². The number of hydrogen-bond acceptors (Lipinski definition) is 6. The predicted molar refractivity (Wildman–Crippen MR) is 136 cm³/mol. The molecular formula is C26H27N3O5S. The molecule has 35 heavy (non-hydrogen) atoms. The van der Waals surface area contributed by atoms with Gasteiger partial charge in [-0.1, -0.05) is 24.3 Å². The molecule has 182 valence electrons. The number of hydrogen-bond donors (Lipinski definition) is 1. The molecule has 9 heteroatoms. The van der Waals surface area contributed by atoms with Gasteiger partial charge in [-0.05, 0) is 61.4 Å². The lowest BCUT2D eigenvalue weighted by Crippen LogP contribution is -2.27. The van der Waals surface area contributed by atoms with Gasteiger partial charge in [-0.15, -0.1) is 0 Å². The van der Waals surface area contributed by atoms with Gasteiger partial charge in [0.25, 0.3) is 15.9 Å². The summed E-state index contributed by atoms with van der Waals surface area (Å²) in [5.41, 5.74) is 2.28. The highest BCUT2D eigenvalue weighted by molar-refractivity contribution is 7.92. The number of carbonyl (C=O) groups excluding carboxylic acids is 2. The number of para-hydroxylation sites is 1. The molecule has 3 aromatic rings. The second kappa shape index (κ2) is 10.2. The Balaban J connectivity index is 1.63. The van der Waals surface area contributed by atoms with E-state index >= 15 is 0 Å². The monoisotopic (exact) mass is 493 g/mol. The van der Waals surface area contributed by atoms with Crippen molar-refractivity contribution >= 4 is 39.0 Å². The summed E-state index contributed by atoms with van der Waals surface area (Å²) in [5, 5.41) is 2.87. The van der Waals surface area contributed by atoms with Crippen LogP contribution in [0.4, 0.5) is 17.1 Å². The standard InChI is InChI=1S/C26H27N3O5S/c1-28(21-10-4-3-5-11-21)35(32,33)22-12-8-9-19(17-22)25(30)27-23-18-20(26(31)34-2)13-14-24(23)29-15-6-7-16-29/h3-5,8-14,17-18H,6-7,15-16H2,1-2H3,(H,27,30). The first-order chi connectivity index (χ1) is 16.8. The summed E-state index contributed by atoms with van der Waals surface area (Å²) in [7, 11) is -1.11. The van der Waals surface area contributed by atoms with Crippen LogP contribution in [-0.4, -0.2) is 47.5 Å². The molecule has 1 saturated heterocycles. The minimum Gasteiger partial charge on any atom is -0.465 e. The van der Waals surface area contributed by atoms with Crippen molar-refractivity contribution < 1.29 is 22.7 Å². The number of sulfonamides is 1. The van der Waals surface area contributed by atoms with Gasteiger partial charge in [0.15, 0.2) is 0 Å². The maximum atomic E-state index is 13.2. The summed E-state index contributed by atoms with van der Waals surface area (Å²) < 4.78 is 32.4. The van der Waals surface area contributed by atoms with E-state index in [9.17, 15) is 18.0 Å². The van der Waals surface area contributed by atoms with Crippen LogP contribution in [0.15, 0.2) is 77.7 Å². The molecule has 0 bridgehead atoms. The Bertz CT molecular complexity index is 1340. The fraction of sp³-hybridized carbons (Fsp3) is 0.231. The van der Waals surface area contributed by atoms with E-state index in [-0.39, 0.29) is 10.5 Å². The Labute approximate surface area is 205 Å². The first-order valence-corrected chi connectivity index (χ1v) is 12.7. The van der Waals surface area contributed by atoms with Crippen molar-refractivity contribution in [2.45, 2.75) is 17.7 Å². The number of benzene rings is 3. The van der Waals surface area contributed by atoms with Gasteiger partial charge < -0.3 is 15.0 Å². The quantitative estimate of drug-likeness (QED) is 0.497. The number of nitrogens with zero attached hydrogens (tertiary/aromatic N) is 2. The number of methoxy groups -OCH3 is 1. The summed E-state index contributed by atoms with van der Waals surface area (Å²) in [6.45, 7) is 1.69. The highest BCUT2D eigenvalue weighted by atomic mass is 32.2. The van der Waals surface area contributed by atoms with Crippen LogP contribution in [0.5, 0.6) is 0 Å². The van der Waals surface area contributed by atoms with Gasteiger partial charge in [0.2, 0.25) is 0 Å². The molecule has 1 aliphatic rings. The molecule has 1 N–H and O–H groups in total. The van der Waals surface area contributed by atoms with E-state index in [2.05, 4.69) is 10.2 Å². The van der Waals surface area contributed by atoms with Crippen molar-refractivity contribution in [3.63, 3.8) is 0 Å². The topological polar surface area (TPSA) is 96.0 Å². The number of anilines is 3. The Morgan fingerprint density at radius 3 is 2.31 bits per heavy atom. The first kappa shape index (κ1) is 24.3. The lowest BCUT2D eigenvalue weighted by molar-refractivity contribution is 0.0600. The molecule has 8 nitrogen and oxygen atoms in total. The Kier molecular flexibility index (Phi) is 7.07. The van der Waals surface area contributed by atoms with Gasteiger partial charge in [0.05, 0.1) is 34.6 Å². The van der Waals surface area contributed by atoms with Crippen molar-refractivity contribution in [2.75, 3.05) is 41.8 Å². The van der Waals surface area contributed by atoms with Crippen LogP contribution in [0.1, 0.15) is 33.6 Å². The average Bonchev–Trinajstić information content (AvgIpc) is 3.43. The molecule has 0 atom stereocenters. The van der Waals surface area contributed by atoms with Crippen molar-refractivity contribution in [1.82, 2.24) is 0 Å². The zero-order chi connectivity index (χ0) is 25.0. The first-order valence-electron chi connectivity index (χ1n) is 11.2. The molecular weight excluding hydrogens is 466 g/mol. The van der Waals surface area contributed by atoms with E-state index in [1.165, 1.54) is 36.7 Å². The van der Waals surface area contributed by atoms with Crippen LogP contribution in [-0.2, 0) is 14.8 Å². The minimum atomic E-state index is -3.88. The third-order valence-corrected chi connectivity index (χ3v) is 7.77. The molecule has 1 aliphatic heterocycles. The Morgan fingerprint density at radius 2 is 1.63 bits per heavy atom. The average molecular weight is 494 g/mol. The van der Waals surface area contributed by atoms with E-state index in [4.69, 9.17) is 4.74 Å². The fourth-order valence-electron chi connectivity index (χ4n) is 4.04. The third-order valence-electron chi connectivity index (χ3n) is 5.99. The van der Waals surface area contributed by atoms with E-state index in [0.717, 1.165) is 31.6 Å². The van der Waals surface area contributed by atoms with Crippen LogP contribution < -0.4 is 14.5 Å². The summed E-state index contributed by atoms with van der Waals surface area (Å²) in [6.07, 6.45) is 2.09. The second-order valence-electron chi connectivity index (χ2n) is 8.21. The van der Waals surface area contributed by atoms with Crippen LogP contribution in [0.25, 0.3) is 0 Å². The molecule has 1 amide bonds. The molecule has 0 unspecified atom stereocenters. The molecule has 1 fully saturated rings. The third kappa shape index (κ3) is 5.14. The summed E-state index contributed by atoms with van der Waals surface area (Å²) >= 11 is 0. The predicted octanol–water partition coefficient (Wildman–Crippen LogP) is 4.15. The molecule has 1 heterocycles. The van der Waals surface area contributed by atoms with Crippen molar-refractivity contribution in [3.05, 3.63) is 83.9 Å². The summed E-state index contributed by atoms with van der Waals surface area (Å²) in [4.78, 5) is 27.4. The minimum absolute atomic E-state index is 0.000388. The van der Waals surface area contributed by atoms with E-state index in [1.54, 1.807) is 54.6 Å².